The van der Waals surface area contributed by atoms with Crippen molar-refractivity contribution in [3.05, 3.63) is 46.7 Å². The number of amides is 1. The van der Waals surface area contributed by atoms with E-state index in [1.807, 2.05) is 32.9 Å². The number of aromatic nitrogens is 2. The highest BCUT2D eigenvalue weighted by Crippen LogP contribution is 2.21. The van der Waals surface area contributed by atoms with Gasteiger partial charge in [0.15, 0.2) is 0 Å². The smallest absolute Gasteiger partial charge is 0.270 e. The van der Waals surface area contributed by atoms with Crippen LogP contribution in [-0.2, 0) is 0 Å². The average molecular weight is 305 g/mol. The molecule has 0 spiro atoms. The number of benzene rings is 1. The zero-order valence-electron chi connectivity index (χ0n) is 12.1. The lowest BCUT2D eigenvalue weighted by atomic mass is 10.2. The number of halogens is 1. The van der Waals surface area contributed by atoms with Crippen LogP contribution in [0.3, 0.4) is 0 Å². The molecule has 1 aromatic carbocycles. The van der Waals surface area contributed by atoms with Crippen molar-refractivity contribution in [1.82, 2.24) is 15.3 Å². The molecule has 0 aliphatic rings. The van der Waals surface area contributed by atoms with Gasteiger partial charge in [-0.1, -0.05) is 17.7 Å². The molecular weight excluding hydrogens is 288 g/mol. The Morgan fingerprint density at radius 1 is 1.29 bits per heavy atom. The summed E-state index contributed by atoms with van der Waals surface area (Å²) in [6.45, 7) is 5.72. The maximum Gasteiger partial charge on any atom is 0.270 e. The highest BCUT2D eigenvalue weighted by molar-refractivity contribution is 6.31. The minimum absolute atomic E-state index is 0.0554. The Labute approximate surface area is 128 Å². The predicted molar refractivity (Wildman–Crippen MR) is 84.1 cm³/mol. The van der Waals surface area contributed by atoms with Gasteiger partial charge < -0.3 is 10.6 Å². The maximum atomic E-state index is 11.9. The van der Waals surface area contributed by atoms with Crippen molar-refractivity contribution < 1.29 is 4.79 Å². The summed E-state index contributed by atoms with van der Waals surface area (Å²) in [6.07, 6.45) is 1.54. The van der Waals surface area contributed by atoms with Gasteiger partial charge in [-0.3, -0.25) is 4.79 Å². The molecule has 1 aromatic heterocycles. The van der Waals surface area contributed by atoms with Gasteiger partial charge in [-0.25, -0.2) is 9.97 Å². The first-order valence-corrected chi connectivity index (χ1v) is 7.00. The number of rotatable bonds is 4. The van der Waals surface area contributed by atoms with Gasteiger partial charge in [0.05, 0.1) is 0 Å². The summed E-state index contributed by atoms with van der Waals surface area (Å²) in [5.74, 6) is 0.128. The van der Waals surface area contributed by atoms with Crippen LogP contribution in [0.1, 0.15) is 29.9 Å². The summed E-state index contributed by atoms with van der Waals surface area (Å²) in [5.41, 5.74) is 2.08. The Kier molecular flexibility index (Phi) is 4.75. The van der Waals surface area contributed by atoms with E-state index in [2.05, 4.69) is 20.6 Å². The SMILES string of the molecule is Cc1ccc(Nc2nccc(C(=O)NC(C)C)n2)cc1Cl. The molecule has 0 unspecified atom stereocenters. The topological polar surface area (TPSA) is 66.9 Å². The van der Waals surface area contributed by atoms with Crippen LogP contribution in [-0.4, -0.2) is 21.9 Å². The highest BCUT2D eigenvalue weighted by Gasteiger charge is 2.10. The summed E-state index contributed by atoms with van der Waals surface area (Å²) in [7, 11) is 0. The first kappa shape index (κ1) is 15.3. The van der Waals surface area contributed by atoms with Crippen LogP contribution in [0.15, 0.2) is 30.5 Å². The van der Waals surface area contributed by atoms with Gasteiger partial charge in [-0.05, 0) is 44.5 Å². The van der Waals surface area contributed by atoms with Crippen molar-refractivity contribution in [1.29, 1.82) is 0 Å². The van der Waals surface area contributed by atoms with Crippen molar-refractivity contribution in [2.75, 3.05) is 5.32 Å². The second-order valence-electron chi connectivity index (χ2n) is 4.98. The largest absolute Gasteiger partial charge is 0.349 e. The molecule has 1 heterocycles. The Bertz CT molecular complexity index is 658. The van der Waals surface area contributed by atoms with Crippen LogP contribution in [0.4, 0.5) is 11.6 Å². The van der Waals surface area contributed by atoms with E-state index in [0.29, 0.717) is 16.7 Å². The third kappa shape index (κ3) is 4.16. The van der Waals surface area contributed by atoms with Gasteiger partial charge in [0.1, 0.15) is 5.69 Å². The molecule has 110 valence electrons. The summed E-state index contributed by atoms with van der Waals surface area (Å²) in [4.78, 5) is 20.2. The zero-order valence-corrected chi connectivity index (χ0v) is 12.9. The summed E-state index contributed by atoms with van der Waals surface area (Å²) < 4.78 is 0. The Morgan fingerprint density at radius 3 is 2.71 bits per heavy atom. The molecule has 6 heteroatoms. The number of carbonyl (C=O) groups is 1. The minimum Gasteiger partial charge on any atom is -0.349 e. The molecule has 0 fully saturated rings. The fourth-order valence-electron chi connectivity index (χ4n) is 1.68. The van der Waals surface area contributed by atoms with E-state index in [4.69, 9.17) is 11.6 Å². The van der Waals surface area contributed by atoms with Gasteiger partial charge in [-0.15, -0.1) is 0 Å². The van der Waals surface area contributed by atoms with E-state index in [1.54, 1.807) is 18.3 Å². The van der Waals surface area contributed by atoms with Gasteiger partial charge in [0.2, 0.25) is 5.95 Å². The van der Waals surface area contributed by atoms with Crippen molar-refractivity contribution in [2.24, 2.45) is 0 Å². The van der Waals surface area contributed by atoms with Crippen molar-refractivity contribution in [2.45, 2.75) is 26.8 Å². The quantitative estimate of drug-likeness (QED) is 0.909. The number of hydrogen-bond donors (Lipinski definition) is 2. The zero-order chi connectivity index (χ0) is 15.4. The molecule has 0 saturated heterocycles. The van der Waals surface area contributed by atoms with Gasteiger partial charge in [-0.2, -0.15) is 0 Å². The van der Waals surface area contributed by atoms with Gasteiger partial charge >= 0.3 is 0 Å². The number of aryl methyl sites for hydroxylation is 1. The monoisotopic (exact) mass is 304 g/mol. The normalized spacial score (nSPS) is 10.5. The third-order valence-electron chi connectivity index (χ3n) is 2.74. The van der Waals surface area contributed by atoms with E-state index in [1.165, 1.54) is 0 Å². The maximum absolute atomic E-state index is 11.9. The van der Waals surface area contributed by atoms with Crippen LogP contribution < -0.4 is 10.6 Å². The first-order chi connectivity index (χ1) is 9.95. The number of carbonyl (C=O) groups excluding carboxylic acids is 1. The lowest BCUT2D eigenvalue weighted by Crippen LogP contribution is -2.30. The summed E-state index contributed by atoms with van der Waals surface area (Å²) in [5, 5.41) is 6.48. The molecule has 1 amide bonds. The van der Waals surface area contributed by atoms with Crippen LogP contribution in [0.25, 0.3) is 0 Å². The van der Waals surface area contributed by atoms with Gasteiger partial charge in [0.25, 0.3) is 5.91 Å². The third-order valence-corrected chi connectivity index (χ3v) is 3.14. The second-order valence-corrected chi connectivity index (χ2v) is 5.39. The first-order valence-electron chi connectivity index (χ1n) is 6.63. The minimum atomic E-state index is -0.225. The van der Waals surface area contributed by atoms with Crippen LogP contribution >= 0.6 is 11.6 Å². The lowest BCUT2D eigenvalue weighted by molar-refractivity contribution is 0.0938. The molecule has 2 N–H and O–H groups in total. The summed E-state index contributed by atoms with van der Waals surface area (Å²) >= 11 is 6.07. The Morgan fingerprint density at radius 2 is 2.05 bits per heavy atom. The van der Waals surface area contributed by atoms with Gasteiger partial charge in [0, 0.05) is 22.9 Å². The molecule has 5 nitrogen and oxygen atoms in total. The van der Waals surface area contributed by atoms with E-state index in [0.717, 1.165) is 11.3 Å². The van der Waals surface area contributed by atoms with Crippen LogP contribution in [0, 0.1) is 6.92 Å². The van der Waals surface area contributed by atoms with Crippen LogP contribution in [0.2, 0.25) is 5.02 Å². The predicted octanol–water partition coefficient (Wildman–Crippen LogP) is 3.32. The van der Waals surface area contributed by atoms with E-state index < -0.39 is 0 Å². The second kappa shape index (κ2) is 6.54. The lowest BCUT2D eigenvalue weighted by Gasteiger charge is -2.09. The standard InChI is InChI=1S/C15H17ClN4O/c1-9(2)18-14(21)13-6-7-17-15(20-13)19-11-5-4-10(3)12(16)8-11/h4-9H,1-3H3,(H,18,21)(H,17,19,20). The molecule has 0 radical (unpaired) electrons. The van der Waals surface area contributed by atoms with Crippen molar-refractivity contribution in [3.8, 4) is 0 Å². The van der Waals surface area contributed by atoms with E-state index >= 15 is 0 Å². The summed E-state index contributed by atoms with van der Waals surface area (Å²) in [6, 6.07) is 7.21. The Hall–Kier alpha value is -2.14. The van der Waals surface area contributed by atoms with Crippen molar-refractivity contribution >= 4 is 29.1 Å². The number of hydrogen-bond acceptors (Lipinski definition) is 4. The molecule has 0 atom stereocenters. The molecule has 0 aliphatic carbocycles. The van der Waals surface area contributed by atoms with E-state index in [9.17, 15) is 4.79 Å². The molecule has 0 aliphatic heterocycles. The number of nitrogens with zero attached hydrogens (tertiary/aromatic N) is 2. The average Bonchev–Trinajstić information content (AvgIpc) is 2.42. The molecule has 2 rings (SSSR count). The molecule has 0 saturated carbocycles. The van der Waals surface area contributed by atoms with Crippen LogP contribution in [0.5, 0.6) is 0 Å². The number of nitrogens with one attached hydrogen (secondary N) is 2. The fraction of sp³-hybridized carbons (Fsp3) is 0.267. The molecular formula is C15H17ClN4O. The van der Waals surface area contributed by atoms with Crippen molar-refractivity contribution in [3.63, 3.8) is 0 Å². The Balaban J connectivity index is 2.17. The highest BCUT2D eigenvalue weighted by atomic mass is 35.5. The molecule has 21 heavy (non-hydrogen) atoms. The fourth-order valence-corrected chi connectivity index (χ4v) is 1.86. The molecule has 2 aromatic rings. The molecule has 0 bridgehead atoms. The van der Waals surface area contributed by atoms with E-state index in [-0.39, 0.29) is 11.9 Å². The number of anilines is 2.